The SMILES string of the molecule is N[C@H](Cc1ccccc1)[C@H](O)C(=O)NC(Cc1ccc(Br)cc1)C(=O)O. The Morgan fingerprint density at radius 3 is 2.15 bits per heavy atom. The molecule has 0 heterocycles. The molecule has 26 heavy (non-hydrogen) atoms. The van der Waals surface area contributed by atoms with Crippen molar-refractivity contribution in [2.24, 2.45) is 5.73 Å². The fourth-order valence-electron chi connectivity index (χ4n) is 2.51. The molecule has 0 radical (unpaired) electrons. The molecule has 0 aliphatic heterocycles. The van der Waals surface area contributed by atoms with Crippen LogP contribution in [0.15, 0.2) is 59.1 Å². The van der Waals surface area contributed by atoms with Gasteiger partial charge in [-0.05, 0) is 29.7 Å². The van der Waals surface area contributed by atoms with Crippen LogP contribution in [0.1, 0.15) is 11.1 Å². The normalized spacial score (nSPS) is 14.3. The average molecular weight is 421 g/mol. The highest BCUT2D eigenvalue weighted by molar-refractivity contribution is 9.10. The molecule has 0 fully saturated rings. The molecule has 0 aliphatic rings. The van der Waals surface area contributed by atoms with E-state index in [1.54, 1.807) is 24.3 Å². The summed E-state index contributed by atoms with van der Waals surface area (Å²) in [5, 5.41) is 21.9. The fraction of sp³-hybridized carbons (Fsp3) is 0.263. The quantitative estimate of drug-likeness (QED) is 0.516. The number of aliphatic hydroxyl groups is 1. The van der Waals surface area contributed by atoms with Gasteiger partial charge < -0.3 is 21.3 Å². The van der Waals surface area contributed by atoms with Gasteiger partial charge >= 0.3 is 5.97 Å². The van der Waals surface area contributed by atoms with Gasteiger partial charge in [0.2, 0.25) is 0 Å². The molecule has 6 nitrogen and oxygen atoms in total. The van der Waals surface area contributed by atoms with Crippen LogP contribution in [0.4, 0.5) is 0 Å². The molecule has 1 amide bonds. The van der Waals surface area contributed by atoms with Crippen molar-refractivity contribution in [2.45, 2.75) is 31.0 Å². The van der Waals surface area contributed by atoms with Crippen molar-refractivity contribution in [3.05, 3.63) is 70.2 Å². The number of rotatable bonds is 8. The van der Waals surface area contributed by atoms with E-state index in [4.69, 9.17) is 5.73 Å². The van der Waals surface area contributed by atoms with E-state index >= 15 is 0 Å². The zero-order valence-electron chi connectivity index (χ0n) is 14.0. The van der Waals surface area contributed by atoms with Crippen LogP contribution in [0.2, 0.25) is 0 Å². The van der Waals surface area contributed by atoms with E-state index in [1.807, 2.05) is 30.3 Å². The molecule has 0 saturated heterocycles. The van der Waals surface area contributed by atoms with Gasteiger partial charge in [0.25, 0.3) is 5.91 Å². The number of nitrogens with two attached hydrogens (primary N) is 1. The molecule has 2 aromatic rings. The second-order valence-electron chi connectivity index (χ2n) is 6.03. The molecule has 0 bridgehead atoms. The van der Waals surface area contributed by atoms with E-state index in [1.165, 1.54) is 0 Å². The molecule has 1 unspecified atom stereocenters. The lowest BCUT2D eigenvalue weighted by atomic mass is 10.0. The Balaban J connectivity index is 1.97. The number of carbonyl (C=O) groups excluding carboxylic acids is 1. The zero-order valence-corrected chi connectivity index (χ0v) is 15.6. The van der Waals surface area contributed by atoms with Crippen LogP contribution in [-0.4, -0.2) is 40.3 Å². The lowest BCUT2D eigenvalue weighted by Crippen LogP contribution is -2.52. The van der Waals surface area contributed by atoms with Gasteiger partial charge in [-0.3, -0.25) is 4.79 Å². The van der Waals surface area contributed by atoms with Gasteiger partial charge in [-0.25, -0.2) is 4.79 Å². The van der Waals surface area contributed by atoms with Crippen LogP contribution in [0.3, 0.4) is 0 Å². The van der Waals surface area contributed by atoms with Gasteiger partial charge in [-0.15, -0.1) is 0 Å². The minimum atomic E-state index is -1.50. The maximum atomic E-state index is 12.2. The number of carbonyl (C=O) groups is 2. The maximum absolute atomic E-state index is 12.2. The molecule has 2 rings (SSSR count). The topological polar surface area (TPSA) is 113 Å². The lowest BCUT2D eigenvalue weighted by Gasteiger charge is -2.21. The molecule has 0 spiro atoms. The van der Waals surface area contributed by atoms with Gasteiger partial charge in [-0.1, -0.05) is 58.4 Å². The molecule has 5 N–H and O–H groups in total. The molecular weight excluding hydrogens is 400 g/mol. The predicted octanol–water partition coefficient (Wildman–Crippen LogP) is 1.49. The van der Waals surface area contributed by atoms with E-state index in [0.717, 1.165) is 15.6 Å². The number of halogens is 1. The minimum absolute atomic E-state index is 0.106. The van der Waals surface area contributed by atoms with Crippen LogP contribution in [-0.2, 0) is 22.4 Å². The highest BCUT2D eigenvalue weighted by atomic mass is 79.9. The summed E-state index contributed by atoms with van der Waals surface area (Å²) in [5.41, 5.74) is 7.55. The number of carboxylic acids is 1. The third kappa shape index (κ3) is 5.94. The Morgan fingerprint density at radius 1 is 1.00 bits per heavy atom. The van der Waals surface area contributed by atoms with Crippen molar-refractivity contribution in [2.75, 3.05) is 0 Å². The van der Waals surface area contributed by atoms with Gasteiger partial charge in [0.1, 0.15) is 12.1 Å². The largest absolute Gasteiger partial charge is 0.480 e. The number of nitrogens with one attached hydrogen (secondary N) is 1. The summed E-state index contributed by atoms with van der Waals surface area (Å²) >= 11 is 3.31. The molecule has 0 aliphatic carbocycles. The van der Waals surface area contributed by atoms with Gasteiger partial charge in [0.15, 0.2) is 0 Å². The van der Waals surface area contributed by atoms with E-state index < -0.39 is 30.1 Å². The molecule has 138 valence electrons. The van der Waals surface area contributed by atoms with E-state index in [0.29, 0.717) is 6.42 Å². The number of aliphatic hydroxyl groups excluding tert-OH is 1. The molecule has 0 saturated carbocycles. The van der Waals surface area contributed by atoms with Crippen molar-refractivity contribution in [3.63, 3.8) is 0 Å². The van der Waals surface area contributed by atoms with Crippen LogP contribution in [0, 0.1) is 0 Å². The summed E-state index contributed by atoms with van der Waals surface area (Å²) in [6.07, 6.45) is -1.09. The van der Waals surface area contributed by atoms with Crippen LogP contribution < -0.4 is 11.1 Å². The Hall–Kier alpha value is -2.22. The summed E-state index contributed by atoms with van der Waals surface area (Å²) in [4.78, 5) is 23.7. The summed E-state index contributed by atoms with van der Waals surface area (Å²) < 4.78 is 0.875. The minimum Gasteiger partial charge on any atom is -0.480 e. The molecule has 0 aromatic heterocycles. The summed E-state index contributed by atoms with van der Waals surface area (Å²) in [6.45, 7) is 0. The van der Waals surface area contributed by atoms with Crippen molar-refractivity contribution in [1.29, 1.82) is 0 Å². The zero-order chi connectivity index (χ0) is 19.1. The maximum Gasteiger partial charge on any atom is 0.326 e. The number of carboxylic acid groups (broad SMARTS) is 1. The first-order valence-corrected chi connectivity index (χ1v) is 8.91. The average Bonchev–Trinajstić information content (AvgIpc) is 2.62. The third-order valence-corrected chi connectivity index (χ3v) is 4.48. The fourth-order valence-corrected chi connectivity index (χ4v) is 2.77. The first kappa shape index (κ1) is 20.1. The number of benzene rings is 2. The number of hydrogen-bond donors (Lipinski definition) is 4. The standard InChI is InChI=1S/C19H21BrN2O4/c20-14-8-6-13(7-9-14)11-16(19(25)26)22-18(24)17(23)15(21)10-12-4-2-1-3-5-12/h1-9,15-17,23H,10-11,21H2,(H,22,24)(H,25,26)/t15-,16?,17+/m1/s1. The number of hydrogen-bond acceptors (Lipinski definition) is 4. The Labute approximate surface area is 160 Å². The second-order valence-corrected chi connectivity index (χ2v) is 6.94. The van der Waals surface area contributed by atoms with E-state index in [9.17, 15) is 19.8 Å². The number of aliphatic carboxylic acids is 1. The molecule has 7 heteroatoms. The highest BCUT2D eigenvalue weighted by Crippen LogP contribution is 2.12. The van der Waals surface area contributed by atoms with Crippen molar-refractivity contribution in [1.82, 2.24) is 5.32 Å². The van der Waals surface area contributed by atoms with Gasteiger partial charge in [0.05, 0.1) is 0 Å². The molecule has 3 atom stereocenters. The summed E-state index contributed by atoms with van der Waals surface area (Å²) in [5.74, 6) is -1.97. The Bertz CT molecular complexity index is 737. The smallest absolute Gasteiger partial charge is 0.326 e. The first-order valence-electron chi connectivity index (χ1n) is 8.12. The summed E-state index contributed by atoms with van der Waals surface area (Å²) in [6, 6.07) is 14.4. The lowest BCUT2D eigenvalue weighted by molar-refractivity contribution is -0.143. The van der Waals surface area contributed by atoms with Crippen molar-refractivity contribution in [3.8, 4) is 0 Å². The van der Waals surface area contributed by atoms with Crippen LogP contribution >= 0.6 is 15.9 Å². The highest BCUT2D eigenvalue weighted by Gasteiger charge is 2.28. The number of amides is 1. The van der Waals surface area contributed by atoms with Gasteiger partial charge in [-0.2, -0.15) is 0 Å². The van der Waals surface area contributed by atoms with Crippen molar-refractivity contribution < 1.29 is 19.8 Å². The second kappa shape index (κ2) is 9.47. The Kier molecular flexibility index (Phi) is 7.32. The van der Waals surface area contributed by atoms with Gasteiger partial charge in [0, 0.05) is 16.9 Å². The third-order valence-electron chi connectivity index (χ3n) is 3.96. The summed E-state index contributed by atoms with van der Waals surface area (Å²) in [7, 11) is 0. The Morgan fingerprint density at radius 2 is 1.58 bits per heavy atom. The molecule has 2 aromatic carbocycles. The predicted molar refractivity (Wildman–Crippen MR) is 102 cm³/mol. The monoisotopic (exact) mass is 420 g/mol. The van der Waals surface area contributed by atoms with Crippen LogP contribution in [0.5, 0.6) is 0 Å². The van der Waals surface area contributed by atoms with E-state index in [-0.39, 0.29) is 6.42 Å². The first-order chi connectivity index (χ1) is 12.4. The molecular formula is C19H21BrN2O4. The van der Waals surface area contributed by atoms with Crippen molar-refractivity contribution >= 4 is 27.8 Å². The van der Waals surface area contributed by atoms with E-state index in [2.05, 4.69) is 21.2 Å². The van der Waals surface area contributed by atoms with Crippen LogP contribution in [0.25, 0.3) is 0 Å².